The lowest BCUT2D eigenvalue weighted by atomic mass is 9.80. The maximum Gasteiger partial charge on any atom is 0.306 e. The van der Waals surface area contributed by atoms with Crippen LogP contribution >= 0.6 is 0 Å². The Morgan fingerprint density at radius 1 is 0.963 bits per heavy atom. The van der Waals surface area contributed by atoms with Gasteiger partial charge in [-0.25, -0.2) is 0 Å². The molecule has 1 N–H and O–H groups in total. The van der Waals surface area contributed by atoms with E-state index < -0.39 is 11.9 Å². The van der Waals surface area contributed by atoms with Crippen LogP contribution in [0.15, 0.2) is 24.3 Å². The van der Waals surface area contributed by atoms with E-state index >= 15 is 0 Å². The second-order valence-corrected chi connectivity index (χ2v) is 7.59. The molecule has 146 valence electrons. The molecule has 2 atom stereocenters. The number of ether oxygens (including phenoxy) is 1. The van der Waals surface area contributed by atoms with Gasteiger partial charge in [-0.1, -0.05) is 6.42 Å². The number of carboxylic acid groups (broad SMARTS) is 1. The second-order valence-electron chi connectivity index (χ2n) is 7.59. The van der Waals surface area contributed by atoms with Gasteiger partial charge in [-0.05, 0) is 56.4 Å². The average molecular weight is 373 g/mol. The SMILES string of the molecule is COc1ccc(C(=O)C2CCN(C(=O)C3CCCC(C(=O)O)C3)CC2)cc1. The van der Waals surface area contributed by atoms with Gasteiger partial charge in [0.2, 0.25) is 5.91 Å². The molecule has 2 unspecified atom stereocenters. The van der Waals surface area contributed by atoms with Crippen molar-refractivity contribution in [3.05, 3.63) is 29.8 Å². The number of hydrogen-bond donors (Lipinski definition) is 1. The van der Waals surface area contributed by atoms with Crippen molar-refractivity contribution >= 4 is 17.7 Å². The predicted octanol–water partition coefficient (Wildman–Crippen LogP) is 3.01. The molecular formula is C21H27NO5. The molecule has 2 fully saturated rings. The van der Waals surface area contributed by atoms with E-state index in [4.69, 9.17) is 4.74 Å². The Morgan fingerprint density at radius 3 is 2.19 bits per heavy atom. The van der Waals surface area contributed by atoms with Crippen LogP contribution in [0.4, 0.5) is 0 Å². The summed E-state index contributed by atoms with van der Waals surface area (Å²) in [5.41, 5.74) is 0.678. The minimum Gasteiger partial charge on any atom is -0.497 e. The lowest BCUT2D eigenvalue weighted by molar-refractivity contribution is -0.145. The molecule has 1 saturated heterocycles. The van der Waals surface area contributed by atoms with Crippen molar-refractivity contribution in [3.8, 4) is 5.75 Å². The number of hydrogen-bond acceptors (Lipinski definition) is 4. The molecule has 1 saturated carbocycles. The third-order valence-corrected chi connectivity index (χ3v) is 5.92. The normalized spacial score (nSPS) is 23.7. The maximum atomic E-state index is 12.8. The van der Waals surface area contributed by atoms with Crippen molar-refractivity contribution in [1.82, 2.24) is 4.90 Å². The van der Waals surface area contributed by atoms with Crippen LogP contribution in [0.1, 0.15) is 48.9 Å². The maximum absolute atomic E-state index is 12.8. The number of amides is 1. The van der Waals surface area contributed by atoms with Crippen LogP contribution in [0.2, 0.25) is 0 Å². The van der Waals surface area contributed by atoms with Crippen molar-refractivity contribution < 1.29 is 24.2 Å². The largest absolute Gasteiger partial charge is 0.497 e. The molecule has 1 amide bonds. The van der Waals surface area contributed by atoms with Crippen molar-refractivity contribution in [2.75, 3.05) is 20.2 Å². The van der Waals surface area contributed by atoms with Gasteiger partial charge < -0.3 is 14.7 Å². The van der Waals surface area contributed by atoms with Crippen molar-refractivity contribution in [2.45, 2.75) is 38.5 Å². The molecule has 6 heteroatoms. The number of likely N-dealkylation sites (tertiary alicyclic amines) is 1. The highest BCUT2D eigenvalue weighted by Gasteiger charge is 2.35. The highest BCUT2D eigenvalue weighted by molar-refractivity contribution is 5.98. The van der Waals surface area contributed by atoms with Crippen LogP contribution in [0.5, 0.6) is 5.75 Å². The Labute approximate surface area is 159 Å². The van der Waals surface area contributed by atoms with Gasteiger partial charge in [0.15, 0.2) is 5.78 Å². The van der Waals surface area contributed by atoms with Gasteiger partial charge in [0, 0.05) is 30.5 Å². The summed E-state index contributed by atoms with van der Waals surface area (Å²) in [6, 6.07) is 7.14. The Hall–Kier alpha value is -2.37. The summed E-state index contributed by atoms with van der Waals surface area (Å²) in [7, 11) is 1.59. The lowest BCUT2D eigenvalue weighted by Gasteiger charge is -2.35. The van der Waals surface area contributed by atoms with Crippen LogP contribution in [-0.2, 0) is 9.59 Å². The number of aliphatic carboxylic acids is 1. The monoisotopic (exact) mass is 373 g/mol. The quantitative estimate of drug-likeness (QED) is 0.802. The van der Waals surface area contributed by atoms with Gasteiger partial charge in [0.1, 0.15) is 5.75 Å². The highest BCUT2D eigenvalue weighted by atomic mass is 16.5. The lowest BCUT2D eigenvalue weighted by Crippen LogP contribution is -2.44. The number of carbonyl (C=O) groups is 3. The average Bonchev–Trinajstić information content (AvgIpc) is 2.73. The molecule has 1 aromatic carbocycles. The number of piperidine rings is 1. The van der Waals surface area contributed by atoms with Crippen LogP contribution < -0.4 is 4.74 Å². The van der Waals surface area contributed by atoms with E-state index in [0.717, 1.165) is 18.6 Å². The number of Topliss-reactive ketones (excluding diaryl/α,β-unsaturated/α-hetero) is 1. The Bertz CT molecular complexity index is 691. The fourth-order valence-electron chi connectivity index (χ4n) is 4.25. The molecular weight excluding hydrogens is 346 g/mol. The van der Waals surface area contributed by atoms with Gasteiger partial charge in [0.25, 0.3) is 0 Å². The van der Waals surface area contributed by atoms with Gasteiger partial charge in [0.05, 0.1) is 13.0 Å². The summed E-state index contributed by atoms with van der Waals surface area (Å²) < 4.78 is 5.12. The minimum atomic E-state index is -0.795. The third-order valence-electron chi connectivity index (χ3n) is 5.92. The molecule has 3 rings (SSSR count). The molecule has 1 aliphatic heterocycles. The molecule has 27 heavy (non-hydrogen) atoms. The van der Waals surface area contributed by atoms with Crippen LogP contribution in [0.25, 0.3) is 0 Å². The molecule has 0 bridgehead atoms. The zero-order valence-corrected chi connectivity index (χ0v) is 15.7. The topological polar surface area (TPSA) is 83.9 Å². The first-order valence-corrected chi connectivity index (χ1v) is 9.69. The van der Waals surface area contributed by atoms with E-state index in [1.54, 1.807) is 31.4 Å². The van der Waals surface area contributed by atoms with E-state index in [-0.39, 0.29) is 23.5 Å². The van der Waals surface area contributed by atoms with Crippen molar-refractivity contribution in [3.63, 3.8) is 0 Å². The number of carboxylic acids is 1. The number of rotatable bonds is 5. The molecule has 2 aliphatic rings. The minimum absolute atomic E-state index is 0.0660. The number of benzene rings is 1. The fourth-order valence-corrected chi connectivity index (χ4v) is 4.25. The molecule has 1 heterocycles. The number of methoxy groups -OCH3 is 1. The summed E-state index contributed by atoms with van der Waals surface area (Å²) in [6.07, 6.45) is 3.99. The molecule has 1 aliphatic carbocycles. The zero-order valence-electron chi connectivity index (χ0n) is 15.7. The summed E-state index contributed by atoms with van der Waals surface area (Å²) in [4.78, 5) is 38.5. The summed E-state index contributed by atoms with van der Waals surface area (Å²) >= 11 is 0. The molecule has 6 nitrogen and oxygen atoms in total. The van der Waals surface area contributed by atoms with E-state index in [9.17, 15) is 19.5 Å². The van der Waals surface area contributed by atoms with E-state index in [2.05, 4.69) is 0 Å². The number of ketones is 1. The first kappa shape index (κ1) is 19.4. The van der Waals surface area contributed by atoms with Gasteiger partial charge >= 0.3 is 5.97 Å². The predicted molar refractivity (Wildman–Crippen MR) is 99.7 cm³/mol. The first-order chi connectivity index (χ1) is 13.0. The smallest absolute Gasteiger partial charge is 0.306 e. The molecule has 0 radical (unpaired) electrons. The number of carbonyl (C=O) groups excluding carboxylic acids is 2. The van der Waals surface area contributed by atoms with Crippen LogP contribution in [0, 0.1) is 17.8 Å². The Kier molecular flexibility index (Phi) is 6.14. The zero-order chi connectivity index (χ0) is 19.4. The van der Waals surface area contributed by atoms with Crippen molar-refractivity contribution in [2.24, 2.45) is 17.8 Å². The second kappa shape index (κ2) is 8.55. The highest BCUT2D eigenvalue weighted by Crippen LogP contribution is 2.32. The van der Waals surface area contributed by atoms with Crippen LogP contribution in [0.3, 0.4) is 0 Å². The first-order valence-electron chi connectivity index (χ1n) is 9.69. The third kappa shape index (κ3) is 4.49. The van der Waals surface area contributed by atoms with E-state index in [0.29, 0.717) is 44.3 Å². The van der Waals surface area contributed by atoms with Crippen LogP contribution in [-0.4, -0.2) is 47.9 Å². The van der Waals surface area contributed by atoms with Gasteiger partial charge in [-0.2, -0.15) is 0 Å². The summed E-state index contributed by atoms with van der Waals surface area (Å²) in [5, 5.41) is 9.21. The Balaban J connectivity index is 1.54. The number of nitrogens with zero attached hydrogens (tertiary/aromatic N) is 1. The van der Waals surface area contributed by atoms with E-state index in [1.807, 2.05) is 4.90 Å². The van der Waals surface area contributed by atoms with Gasteiger partial charge in [-0.15, -0.1) is 0 Å². The molecule has 1 aromatic rings. The summed E-state index contributed by atoms with van der Waals surface area (Å²) in [6.45, 7) is 1.14. The standard InChI is InChI=1S/C21H27NO5/c1-27-18-7-5-14(6-8-18)19(23)15-9-11-22(12-10-15)20(24)16-3-2-4-17(13-16)21(25)26/h5-8,15-17H,2-4,9-13H2,1H3,(H,25,26). The molecule has 0 spiro atoms. The Morgan fingerprint density at radius 2 is 1.59 bits per heavy atom. The van der Waals surface area contributed by atoms with E-state index in [1.165, 1.54) is 0 Å². The van der Waals surface area contributed by atoms with Crippen molar-refractivity contribution in [1.29, 1.82) is 0 Å². The van der Waals surface area contributed by atoms with Gasteiger partial charge in [-0.3, -0.25) is 14.4 Å². The summed E-state index contributed by atoms with van der Waals surface area (Å²) in [5.74, 6) is -0.545. The molecule has 0 aromatic heterocycles. The fraction of sp³-hybridized carbons (Fsp3) is 0.571.